The number of benzene rings is 1. The van der Waals surface area contributed by atoms with Crippen molar-refractivity contribution >= 4 is 11.9 Å². The fraction of sp³-hybridized carbons (Fsp3) is 0.333. The molecule has 0 aliphatic heterocycles. The summed E-state index contributed by atoms with van der Waals surface area (Å²) < 4.78 is 5.11. The molecule has 126 valence electrons. The summed E-state index contributed by atoms with van der Waals surface area (Å²) in [6.45, 7) is 0.905. The first-order valence-corrected chi connectivity index (χ1v) is 8.08. The third kappa shape index (κ3) is 4.62. The van der Waals surface area contributed by atoms with E-state index in [0.29, 0.717) is 30.7 Å². The van der Waals surface area contributed by atoms with Crippen molar-refractivity contribution in [3.63, 3.8) is 0 Å². The van der Waals surface area contributed by atoms with E-state index in [1.807, 2.05) is 18.2 Å². The lowest BCUT2D eigenvalue weighted by Gasteiger charge is -2.07. The highest BCUT2D eigenvalue weighted by molar-refractivity contribution is 5.83. The average Bonchev–Trinajstić information content (AvgIpc) is 3.20. The van der Waals surface area contributed by atoms with Crippen LogP contribution >= 0.6 is 0 Å². The highest BCUT2D eigenvalue weighted by Gasteiger charge is 2.37. The molecule has 0 unspecified atom stereocenters. The van der Waals surface area contributed by atoms with Gasteiger partial charge in [-0.15, -0.1) is 0 Å². The van der Waals surface area contributed by atoms with Gasteiger partial charge in [-0.1, -0.05) is 30.3 Å². The average molecular weight is 327 g/mol. The first kappa shape index (κ1) is 16.1. The molecule has 0 spiro atoms. The normalized spacial score (nSPS) is 18.7. The zero-order valence-electron chi connectivity index (χ0n) is 13.3. The number of rotatable bonds is 7. The molecular weight excluding hydrogens is 306 g/mol. The summed E-state index contributed by atoms with van der Waals surface area (Å²) in [5, 5.41) is 8.02. The van der Waals surface area contributed by atoms with Gasteiger partial charge in [0.1, 0.15) is 5.76 Å². The molecule has 6 heteroatoms. The molecule has 0 bridgehead atoms. The van der Waals surface area contributed by atoms with Gasteiger partial charge < -0.3 is 20.4 Å². The highest BCUT2D eigenvalue weighted by atomic mass is 16.3. The molecule has 2 aromatic rings. The number of amides is 3. The zero-order chi connectivity index (χ0) is 16.8. The van der Waals surface area contributed by atoms with Crippen molar-refractivity contribution in [2.45, 2.75) is 18.9 Å². The van der Waals surface area contributed by atoms with Gasteiger partial charge in [-0.05, 0) is 36.0 Å². The summed E-state index contributed by atoms with van der Waals surface area (Å²) in [6.07, 6.45) is 2.64. The molecule has 2 atom stereocenters. The molecule has 1 saturated carbocycles. The van der Waals surface area contributed by atoms with Crippen LogP contribution in [-0.2, 0) is 11.3 Å². The van der Waals surface area contributed by atoms with Gasteiger partial charge in [0, 0.05) is 6.54 Å². The van der Waals surface area contributed by atoms with E-state index in [9.17, 15) is 9.59 Å². The smallest absolute Gasteiger partial charge is 0.315 e. The maximum absolute atomic E-state index is 11.8. The lowest BCUT2D eigenvalue weighted by molar-refractivity contribution is -0.120. The molecule has 1 aromatic carbocycles. The molecule has 1 aromatic heterocycles. The Balaban J connectivity index is 1.29. The van der Waals surface area contributed by atoms with Crippen molar-refractivity contribution in [1.82, 2.24) is 16.0 Å². The van der Waals surface area contributed by atoms with Crippen molar-refractivity contribution < 1.29 is 14.0 Å². The molecule has 3 N–H and O–H groups in total. The molecule has 1 aliphatic rings. The lowest BCUT2D eigenvalue weighted by Crippen LogP contribution is -2.42. The fourth-order valence-electron chi connectivity index (χ4n) is 2.69. The van der Waals surface area contributed by atoms with Gasteiger partial charge >= 0.3 is 6.03 Å². The molecular formula is C18H21N3O3. The van der Waals surface area contributed by atoms with E-state index in [0.717, 1.165) is 6.42 Å². The topological polar surface area (TPSA) is 83.4 Å². The maximum atomic E-state index is 11.8. The van der Waals surface area contributed by atoms with Crippen molar-refractivity contribution in [3.8, 4) is 0 Å². The van der Waals surface area contributed by atoms with Crippen LogP contribution in [0.4, 0.5) is 4.79 Å². The third-order valence-electron chi connectivity index (χ3n) is 4.12. The van der Waals surface area contributed by atoms with E-state index >= 15 is 0 Å². The van der Waals surface area contributed by atoms with Crippen LogP contribution in [0.25, 0.3) is 0 Å². The van der Waals surface area contributed by atoms with Crippen LogP contribution in [-0.4, -0.2) is 25.0 Å². The quantitative estimate of drug-likeness (QED) is 0.727. The van der Waals surface area contributed by atoms with E-state index in [2.05, 4.69) is 28.1 Å². The second kappa shape index (κ2) is 7.68. The third-order valence-corrected chi connectivity index (χ3v) is 4.12. The second-order valence-electron chi connectivity index (χ2n) is 5.93. The molecule has 3 amide bonds. The molecule has 24 heavy (non-hydrogen) atoms. The monoisotopic (exact) mass is 327 g/mol. The molecule has 3 rings (SSSR count). The fourth-order valence-corrected chi connectivity index (χ4v) is 2.69. The maximum Gasteiger partial charge on any atom is 0.315 e. The zero-order valence-corrected chi connectivity index (χ0v) is 13.3. The van der Waals surface area contributed by atoms with Crippen molar-refractivity contribution in [2.24, 2.45) is 5.92 Å². The summed E-state index contributed by atoms with van der Waals surface area (Å²) >= 11 is 0. The van der Waals surface area contributed by atoms with Crippen LogP contribution in [0.2, 0.25) is 0 Å². The van der Waals surface area contributed by atoms with Crippen molar-refractivity contribution in [2.75, 3.05) is 13.1 Å². The molecule has 0 radical (unpaired) electrons. The minimum absolute atomic E-state index is 0.0350. The molecule has 1 fully saturated rings. The van der Waals surface area contributed by atoms with Gasteiger partial charge in [0.05, 0.1) is 19.4 Å². The van der Waals surface area contributed by atoms with Gasteiger partial charge in [-0.3, -0.25) is 4.79 Å². The van der Waals surface area contributed by atoms with Gasteiger partial charge in [-0.2, -0.15) is 0 Å². The minimum atomic E-state index is -0.393. The predicted octanol–water partition coefficient (Wildman–Crippen LogP) is 2.00. The Labute approximate surface area is 140 Å². The first-order chi connectivity index (χ1) is 11.7. The summed E-state index contributed by atoms with van der Waals surface area (Å²) in [5.41, 5.74) is 1.33. The first-order valence-electron chi connectivity index (χ1n) is 8.08. The highest BCUT2D eigenvalue weighted by Crippen LogP contribution is 2.46. The Kier molecular flexibility index (Phi) is 5.15. The Bertz CT molecular complexity index is 670. The van der Waals surface area contributed by atoms with Gasteiger partial charge in [0.2, 0.25) is 5.91 Å². The van der Waals surface area contributed by atoms with Crippen LogP contribution in [0, 0.1) is 5.92 Å². The van der Waals surface area contributed by atoms with Crippen LogP contribution < -0.4 is 16.0 Å². The summed E-state index contributed by atoms with van der Waals surface area (Å²) in [4.78, 5) is 23.4. The molecule has 0 saturated heterocycles. The number of carbonyl (C=O) groups is 2. The van der Waals surface area contributed by atoms with E-state index in [1.54, 1.807) is 18.4 Å². The van der Waals surface area contributed by atoms with Crippen LogP contribution in [0.3, 0.4) is 0 Å². The summed E-state index contributed by atoms with van der Waals surface area (Å²) in [7, 11) is 0. The van der Waals surface area contributed by atoms with E-state index < -0.39 is 6.03 Å². The Morgan fingerprint density at radius 2 is 1.88 bits per heavy atom. The summed E-state index contributed by atoms with van der Waals surface area (Å²) in [5.74, 6) is 1.51. The minimum Gasteiger partial charge on any atom is -0.467 e. The largest absolute Gasteiger partial charge is 0.467 e. The number of hydrogen-bond acceptors (Lipinski definition) is 3. The van der Waals surface area contributed by atoms with Gasteiger partial charge in [-0.25, -0.2) is 4.79 Å². The van der Waals surface area contributed by atoms with Crippen molar-refractivity contribution in [1.29, 1.82) is 0 Å². The lowest BCUT2D eigenvalue weighted by atomic mass is 10.1. The number of furan rings is 1. The van der Waals surface area contributed by atoms with Crippen molar-refractivity contribution in [3.05, 3.63) is 60.1 Å². The molecule has 6 nitrogen and oxygen atoms in total. The van der Waals surface area contributed by atoms with Crippen LogP contribution in [0.5, 0.6) is 0 Å². The van der Waals surface area contributed by atoms with E-state index in [-0.39, 0.29) is 12.5 Å². The predicted molar refractivity (Wildman–Crippen MR) is 89.2 cm³/mol. The van der Waals surface area contributed by atoms with E-state index in [1.165, 1.54) is 5.56 Å². The second-order valence-corrected chi connectivity index (χ2v) is 5.93. The Morgan fingerprint density at radius 1 is 1.04 bits per heavy atom. The van der Waals surface area contributed by atoms with E-state index in [4.69, 9.17) is 4.42 Å². The number of nitrogens with one attached hydrogen (secondary N) is 3. The Morgan fingerprint density at radius 3 is 2.62 bits per heavy atom. The number of hydrogen-bond donors (Lipinski definition) is 3. The standard InChI is InChI=1S/C18H21N3O3/c22-17(12-21-18(23)20-11-15-7-4-8-24-15)19-10-14-9-16(14)13-5-2-1-3-6-13/h1-8,14,16H,9-12H2,(H,19,22)(H2,20,21,23)/t14-,16+/m1/s1. The van der Waals surface area contributed by atoms with Crippen LogP contribution in [0.1, 0.15) is 23.7 Å². The van der Waals surface area contributed by atoms with Crippen LogP contribution in [0.15, 0.2) is 53.1 Å². The Hall–Kier alpha value is -2.76. The molecule has 1 heterocycles. The van der Waals surface area contributed by atoms with Gasteiger partial charge in [0.25, 0.3) is 0 Å². The number of carbonyl (C=O) groups excluding carboxylic acids is 2. The van der Waals surface area contributed by atoms with Gasteiger partial charge in [0.15, 0.2) is 0 Å². The number of urea groups is 1. The SMILES string of the molecule is O=C(CNC(=O)NCc1ccco1)NC[C@H]1C[C@H]1c1ccccc1. The summed E-state index contributed by atoms with van der Waals surface area (Å²) in [6, 6.07) is 13.5. The molecule has 1 aliphatic carbocycles.